The molecule has 5 heteroatoms. The van der Waals surface area contributed by atoms with Gasteiger partial charge in [0.05, 0.1) is 18.3 Å². The van der Waals surface area contributed by atoms with Gasteiger partial charge < -0.3 is 9.63 Å². The van der Waals surface area contributed by atoms with E-state index in [1.807, 2.05) is 17.9 Å². The maximum atomic E-state index is 10.7. The molecule has 1 N–H and O–H groups in total. The van der Waals surface area contributed by atoms with Crippen molar-refractivity contribution in [3.63, 3.8) is 0 Å². The van der Waals surface area contributed by atoms with Crippen LogP contribution in [-0.2, 0) is 11.2 Å². The number of carboxylic acid groups (broad SMARTS) is 1. The fourth-order valence-electron chi connectivity index (χ4n) is 2.16. The Morgan fingerprint density at radius 2 is 2.56 bits per heavy atom. The van der Waals surface area contributed by atoms with Crippen LogP contribution in [0.15, 0.2) is 10.6 Å². The number of carbonyl (C=O) groups is 1. The lowest BCUT2D eigenvalue weighted by Gasteiger charge is -2.19. The molecule has 2 rings (SSSR count). The molecule has 0 aromatic carbocycles. The van der Waals surface area contributed by atoms with Crippen molar-refractivity contribution in [3.8, 4) is 0 Å². The summed E-state index contributed by atoms with van der Waals surface area (Å²) < 4.78 is 5.27. The van der Waals surface area contributed by atoms with E-state index >= 15 is 0 Å². The lowest BCUT2D eigenvalue weighted by atomic mass is 10.1. The van der Waals surface area contributed by atoms with Gasteiger partial charge >= 0.3 is 5.97 Å². The van der Waals surface area contributed by atoms with E-state index in [9.17, 15) is 4.79 Å². The van der Waals surface area contributed by atoms with Gasteiger partial charge in [0, 0.05) is 6.07 Å². The number of carboxylic acids is 1. The minimum absolute atomic E-state index is 0.0762. The monoisotopic (exact) mass is 224 g/mol. The van der Waals surface area contributed by atoms with Crippen molar-refractivity contribution >= 4 is 5.97 Å². The first-order chi connectivity index (χ1) is 7.70. The predicted molar refractivity (Wildman–Crippen MR) is 57.1 cm³/mol. The van der Waals surface area contributed by atoms with Crippen molar-refractivity contribution in [3.05, 3.63) is 17.5 Å². The van der Waals surface area contributed by atoms with Crippen LogP contribution in [0.1, 0.15) is 37.3 Å². The normalized spacial score (nSPS) is 21.4. The molecular formula is C11H16N2O3. The average molecular weight is 224 g/mol. The Morgan fingerprint density at radius 3 is 3.19 bits per heavy atom. The van der Waals surface area contributed by atoms with Gasteiger partial charge in [0.15, 0.2) is 5.76 Å². The fraction of sp³-hybridized carbons (Fsp3) is 0.636. The van der Waals surface area contributed by atoms with Gasteiger partial charge in [-0.15, -0.1) is 0 Å². The minimum Gasteiger partial charge on any atom is -0.480 e. The minimum atomic E-state index is -0.790. The van der Waals surface area contributed by atoms with Crippen LogP contribution >= 0.6 is 0 Å². The van der Waals surface area contributed by atoms with Crippen molar-refractivity contribution in [1.82, 2.24) is 10.1 Å². The number of likely N-dealkylation sites (tertiary alicyclic amines) is 1. The van der Waals surface area contributed by atoms with Gasteiger partial charge in [-0.2, -0.15) is 0 Å². The number of aryl methyl sites for hydroxylation is 1. The van der Waals surface area contributed by atoms with Crippen LogP contribution in [0.25, 0.3) is 0 Å². The van der Waals surface area contributed by atoms with Gasteiger partial charge in [-0.05, 0) is 25.8 Å². The third kappa shape index (κ3) is 2.24. The Labute approximate surface area is 94.0 Å². The largest absolute Gasteiger partial charge is 0.480 e. The topological polar surface area (TPSA) is 66.6 Å². The standard InChI is InChI=1S/C11H16N2O3/c1-2-8-6-10(16-12-8)9-4-3-5-13(9)7-11(14)15/h6,9H,2-5,7H2,1H3,(H,14,15). The molecule has 1 fully saturated rings. The lowest BCUT2D eigenvalue weighted by molar-refractivity contribution is -0.138. The molecule has 1 aromatic heterocycles. The summed E-state index contributed by atoms with van der Waals surface area (Å²) in [6.45, 7) is 2.91. The number of hydrogen-bond donors (Lipinski definition) is 1. The molecular weight excluding hydrogens is 208 g/mol. The number of rotatable bonds is 4. The van der Waals surface area contributed by atoms with E-state index in [4.69, 9.17) is 9.63 Å². The molecule has 0 spiro atoms. The molecule has 16 heavy (non-hydrogen) atoms. The van der Waals surface area contributed by atoms with E-state index in [1.54, 1.807) is 0 Å². The maximum absolute atomic E-state index is 10.7. The van der Waals surface area contributed by atoms with Crippen molar-refractivity contribution in [2.75, 3.05) is 13.1 Å². The molecule has 0 amide bonds. The summed E-state index contributed by atoms with van der Waals surface area (Å²) in [7, 11) is 0. The summed E-state index contributed by atoms with van der Waals surface area (Å²) in [4.78, 5) is 12.6. The van der Waals surface area contributed by atoms with Gasteiger partial charge in [-0.1, -0.05) is 12.1 Å². The van der Waals surface area contributed by atoms with Crippen LogP contribution < -0.4 is 0 Å². The SMILES string of the molecule is CCc1cc(C2CCCN2CC(=O)O)on1. The first-order valence-corrected chi connectivity index (χ1v) is 5.62. The first kappa shape index (κ1) is 11.1. The summed E-state index contributed by atoms with van der Waals surface area (Å²) in [5, 5.41) is 12.7. The summed E-state index contributed by atoms with van der Waals surface area (Å²) >= 11 is 0. The lowest BCUT2D eigenvalue weighted by Crippen LogP contribution is -2.29. The van der Waals surface area contributed by atoms with Crippen molar-refractivity contribution in [1.29, 1.82) is 0 Å². The summed E-state index contributed by atoms with van der Waals surface area (Å²) in [5.41, 5.74) is 0.928. The van der Waals surface area contributed by atoms with Crippen LogP contribution in [0.5, 0.6) is 0 Å². The van der Waals surface area contributed by atoms with Gasteiger partial charge in [-0.25, -0.2) is 0 Å². The van der Waals surface area contributed by atoms with Crippen LogP contribution in [0.2, 0.25) is 0 Å². The number of hydrogen-bond acceptors (Lipinski definition) is 4. The maximum Gasteiger partial charge on any atom is 0.317 e. The third-order valence-electron chi connectivity index (χ3n) is 2.97. The quantitative estimate of drug-likeness (QED) is 0.838. The Hall–Kier alpha value is -1.36. The smallest absolute Gasteiger partial charge is 0.317 e. The third-order valence-corrected chi connectivity index (χ3v) is 2.97. The predicted octanol–water partition coefficient (Wildman–Crippen LogP) is 1.46. The summed E-state index contributed by atoms with van der Waals surface area (Å²) in [5.74, 6) is 0.0118. The van der Waals surface area contributed by atoms with Gasteiger partial charge in [0.2, 0.25) is 0 Å². The van der Waals surface area contributed by atoms with Gasteiger partial charge in [0.25, 0.3) is 0 Å². The molecule has 0 bridgehead atoms. The molecule has 0 radical (unpaired) electrons. The Kier molecular flexibility index (Phi) is 3.24. The molecule has 1 aromatic rings. The molecule has 0 aliphatic carbocycles. The van der Waals surface area contributed by atoms with E-state index in [0.29, 0.717) is 0 Å². The second-order valence-corrected chi connectivity index (χ2v) is 4.10. The highest BCUT2D eigenvalue weighted by molar-refractivity contribution is 5.69. The second-order valence-electron chi connectivity index (χ2n) is 4.10. The van der Waals surface area contributed by atoms with Crippen LogP contribution in [0.3, 0.4) is 0 Å². The number of nitrogens with zero attached hydrogens (tertiary/aromatic N) is 2. The van der Waals surface area contributed by atoms with Crippen molar-refractivity contribution in [2.24, 2.45) is 0 Å². The molecule has 1 atom stereocenters. The van der Waals surface area contributed by atoms with E-state index in [1.165, 1.54) is 0 Å². The molecule has 2 heterocycles. The molecule has 0 saturated carbocycles. The zero-order valence-electron chi connectivity index (χ0n) is 9.35. The zero-order chi connectivity index (χ0) is 11.5. The number of aromatic nitrogens is 1. The Bertz CT molecular complexity index is 375. The summed E-state index contributed by atoms with van der Waals surface area (Å²) in [6.07, 6.45) is 2.81. The van der Waals surface area contributed by atoms with Gasteiger partial charge in [-0.3, -0.25) is 9.69 Å². The van der Waals surface area contributed by atoms with E-state index < -0.39 is 5.97 Å². The summed E-state index contributed by atoms with van der Waals surface area (Å²) in [6, 6.07) is 2.02. The molecule has 1 unspecified atom stereocenters. The van der Waals surface area contributed by atoms with E-state index in [-0.39, 0.29) is 12.6 Å². The highest BCUT2D eigenvalue weighted by Crippen LogP contribution is 2.31. The molecule has 1 aliphatic rings. The highest BCUT2D eigenvalue weighted by atomic mass is 16.5. The van der Waals surface area contributed by atoms with Gasteiger partial charge in [0.1, 0.15) is 0 Å². The van der Waals surface area contributed by atoms with Crippen molar-refractivity contribution in [2.45, 2.75) is 32.2 Å². The Balaban J connectivity index is 2.09. The Morgan fingerprint density at radius 1 is 1.75 bits per heavy atom. The van der Waals surface area contributed by atoms with Crippen LogP contribution in [0, 0.1) is 0 Å². The fourth-order valence-corrected chi connectivity index (χ4v) is 2.16. The van der Waals surface area contributed by atoms with Crippen molar-refractivity contribution < 1.29 is 14.4 Å². The van der Waals surface area contributed by atoms with E-state index in [2.05, 4.69) is 5.16 Å². The van der Waals surface area contributed by atoms with E-state index in [0.717, 1.165) is 37.3 Å². The molecule has 88 valence electrons. The highest BCUT2D eigenvalue weighted by Gasteiger charge is 2.30. The van der Waals surface area contributed by atoms with Crippen LogP contribution in [-0.4, -0.2) is 34.2 Å². The first-order valence-electron chi connectivity index (χ1n) is 5.62. The molecule has 5 nitrogen and oxygen atoms in total. The average Bonchev–Trinajstić information content (AvgIpc) is 2.84. The second kappa shape index (κ2) is 4.65. The zero-order valence-corrected chi connectivity index (χ0v) is 9.35. The van der Waals surface area contributed by atoms with Crippen LogP contribution in [0.4, 0.5) is 0 Å². The number of aliphatic carboxylic acids is 1. The molecule has 1 saturated heterocycles. The molecule has 1 aliphatic heterocycles.